The number of nitrogens with one attached hydrogen (secondary N) is 2. The molecule has 0 aliphatic heterocycles. The van der Waals surface area contributed by atoms with Gasteiger partial charge in [-0.2, -0.15) is 0 Å². The van der Waals surface area contributed by atoms with Gasteiger partial charge in [0, 0.05) is 25.7 Å². The fraction of sp³-hybridized carbons (Fsp3) is 0.312. The molecule has 0 saturated heterocycles. The summed E-state index contributed by atoms with van der Waals surface area (Å²) in [4.78, 5) is 14.4. The van der Waals surface area contributed by atoms with E-state index in [2.05, 4.69) is 15.6 Å². The molecule has 2 rings (SSSR count). The van der Waals surface area contributed by atoms with Gasteiger partial charge in [-0.3, -0.25) is 15.1 Å². The van der Waals surface area contributed by atoms with Crippen LogP contribution in [0.3, 0.4) is 0 Å². The zero-order valence-electron chi connectivity index (χ0n) is 13.8. The van der Waals surface area contributed by atoms with Gasteiger partial charge in [0.15, 0.2) is 5.96 Å². The highest BCUT2D eigenvalue weighted by Crippen LogP contribution is 2.15. The number of non-ortho nitro benzene ring substituents is 1. The van der Waals surface area contributed by atoms with E-state index in [1.54, 1.807) is 19.2 Å². The Hall–Kier alpha value is -2.10. The summed E-state index contributed by atoms with van der Waals surface area (Å²) in [6, 6.07) is 10.2. The summed E-state index contributed by atoms with van der Waals surface area (Å²) in [6.07, 6.45) is 0. The SMILES string of the molecule is CN=C(NCc1ccc([N+](=O)[O-])cc1)NC(C)c1ccc(C)o1.I. The predicted molar refractivity (Wildman–Crippen MR) is 104 cm³/mol. The molecule has 0 amide bonds. The molecule has 1 aromatic heterocycles. The molecule has 8 heteroatoms. The van der Waals surface area contributed by atoms with Crippen molar-refractivity contribution in [3.8, 4) is 0 Å². The van der Waals surface area contributed by atoms with E-state index in [4.69, 9.17) is 4.42 Å². The molecule has 1 atom stereocenters. The molecule has 2 N–H and O–H groups in total. The minimum Gasteiger partial charge on any atom is -0.464 e. The van der Waals surface area contributed by atoms with Crippen LogP contribution in [0.4, 0.5) is 5.69 Å². The van der Waals surface area contributed by atoms with Crippen molar-refractivity contribution >= 4 is 35.6 Å². The van der Waals surface area contributed by atoms with Crippen molar-refractivity contribution in [3.05, 3.63) is 63.6 Å². The Morgan fingerprint density at radius 2 is 1.96 bits per heavy atom. The van der Waals surface area contributed by atoms with Gasteiger partial charge in [-0.25, -0.2) is 0 Å². The lowest BCUT2D eigenvalue weighted by Gasteiger charge is -2.16. The third-order valence-electron chi connectivity index (χ3n) is 3.37. The average molecular weight is 444 g/mol. The van der Waals surface area contributed by atoms with Crippen molar-refractivity contribution in [2.75, 3.05) is 7.05 Å². The van der Waals surface area contributed by atoms with E-state index in [0.717, 1.165) is 17.1 Å². The van der Waals surface area contributed by atoms with Gasteiger partial charge in [-0.15, -0.1) is 24.0 Å². The standard InChI is InChI=1S/C16H20N4O3.HI/c1-11-4-9-15(23-11)12(2)19-16(17-3)18-10-13-5-7-14(8-6-13)20(21)22;/h4-9,12H,10H2,1-3H3,(H2,17,18,19);1H. The van der Waals surface area contributed by atoms with E-state index in [9.17, 15) is 10.1 Å². The van der Waals surface area contributed by atoms with Crippen LogP contribution in [0.15, 0.2) is 45.8 Å². The van der Waals surface area contributed by atoms with Crippen LogP contribution < -0.4 is 10.6 Å². The predicted octanol–water partition coefficient (Wildman–Crippen LogP) is 3.54. The molecule has 0 aliphatic rings. The Morgan fingerprint density at radius 3 is 2.46 bits per heavy atom. The van der Waals surface area contributed by atoms with Crippen LogP contribution in [0.2, 0.25) is 0 Å². The van der Waals surface area contributed by atoms with E-state index in [1.807, 2.05) is 26.0 Å². The number of hydrogen-bond acceptors (Lipinski definition) is 4. The molecule has 1 aromatic carbocycles. The highest BCUT2D eigenvalue weighted by Gasteiger charge is 2.11. The topological polar surface area (TPSA) is 92.7 Å². The Kier molecular flexibility index (Phi) is 7.69. The summed E-state index contributed by atoms with van der Waals surface area (Å²) in [5.41, 5.74) is 1.01. The lowest BCUT2D eigenvalue weighted by atomic mass is 10.2. The number of hydrogen-bond donors (Lipinski definition) is 2. The highest BCUT2D eigenvalue weighted by atomic mass is 127. The number of benzene rings is 1. The van der Waals surface area contributed by atoms with E-state index in [1.165, 1.54) is 12.1 Å². The van der Waals surface area contributed by atoms with Gasteiger partial charge in [0.25, 0.3) is 5.69 Å². The first kappa shape index (κ1) is 19.9. The maximum absolute atomic E-state index is 10.6. The van der Waals surface area contributed by atoms with E-state index < -0.39 is 4.92 Å². The van der Waals surface area contributed by atoms with Gasteiger partial charge >= 0.3 is 0 Å². The van der Waals surface area contributed by atoms with Gasteiger partial charge in [0.05, 0.1) is 11.0 Å². The monoisotopic (exact) mass is 444 g/mol. The quantitative estimate of drug-likeness (QED) is 0.242. The smallest absolute Gasteiger partial charge is 0.269 e. The van der Waals surface area contributed by atoms with Gasteiger partial charge in [-0.1, -0.05) is 12.1 Å². The van der Waals surface area contributed by atoms with E-state index >= 15 is 0 Å². The summed E-state index contributed by atoms with van der Waals surface area (Å²) < 4.78 is 5.58. The lowest BCUT2D eigenvalue weighted by Crippen LogP contribution is -2.38. The average Bonchev–Trinajstić information content (AvgIpc) is 2.98. The number of furan rings is 1. The molecule has 0 aliphatic carbocycles. The zero-order valence-corrected chi connectivity index (χ0v) is 16.1. The fourth-order valence-electron chi connectivity index (χ4n) is 2.08. The third-order valence-corrected chi connectivity index (χ3v) is 3.37. The fourth-order valence-corrected chi connectivity index (χ4v) is 2.08. The van der Waals surface area contributed by atoms with Crippen molar-refractivity contribution < 1.29 is 9.34 Å². The molecular weight excluding hydrogens is 423 g/mol. The summed E-state index contributed by atoms with van der Waals surface area (Å²) in [5.74, 6) is 2.33. The van der Waals surface area contributed by atoms with Crippen LogP contribution in [-0.4, -0.2) is 17.9 Å². The number of rotatable bonds is 5. The number of nitro benzene ring substituents is 1. The molecule has 130 valence electrons. The number of nitro groups is 1. The summed E-state index contributed by atoms with van der Waals surface area (Å²) in [5, 5.41) is 17.0. The van der Waals surface area contributed by atoms with Crippen LogP contribution in [0.5, 0.6) is 0 Å². The highest BCUT2D eigenvalue weighted by molar-refractivity contribution is 14.0. The van der Waals surface area contributed by atoms with Gasteiger partial charge in [-0.05, 0) is 31.5 Å². The van der Waals surface area contributed by atoms with Gasteiger partial charge < -0.3 is 15.1 Å². The molecule has 0 saturated carbocycles. The van der Waals surface area contributed by atoms with Crippen LogP contribution in [0, 0.1) is 17.0 Å². The maximum atomic E-state index is 10.6. The second-order valence-corrected chi connectivity index (χ2v) is 5.16. The molecule has 1 heterocycles. The van der Waals surface area contributed by atoms with Crippen molar-refractivity contribution in [3.63, 3.8) is 0 Å². The Labute approximate surface area is 157 Å². The van der Waals surface area contributed by atoms with Crippen LogP contribution in [0.1, 0.15) is 30.0 Å². The molecule has 24 heavy (non-hydrogen) atoms. The summed E-state index contributed by atoms with van der Waals surface area (Å²) in [6.45, 7) is 4.40. The molecular formula is C16H21IN4O3. The number of guanidine groups is 1. The lowest BCUT2D eigenvalue weighted by molar-refractivity contribution is -0.384. The molecule has 7 nitrogen and oxygen atoms in total. The first-order valence-corrected chi connectivity index (χ1v) is 7.26. The first-order chi connectivity index (χ1) is 11.0. The zero-order chi connectivity index (χ0) is 16.8. The molecule has 0 bridgehead atoms. The minimum absolute atomic E-state index is 0. The number of aryl methyl sites for hydroxylation is 1. The molecule has 0 radical (unpaired) electrons. The van der Waals surface area contributed by atoms with E-state index in [0.29, 0.717) is 12.5 Å². The second kappa shape index (κ2) is 9.26. The largest absolute Gasteiger partial charge is 0.464 e. The van der Waals surface area contributed by atoms with Crippen LogP contribution in [-0.2, 0) is 6.54 Å². The van der Waals surface area contributed by atoms with Crippen molar-refractivity contribution in [2.24, 2.45) is 4.99 Å². The van der Waals surface area contributed by atoms with E-state index in [-0.39, 0.29) is 35.7 Å². The number of nitrogens with zero attached hydrogens (tertiary/aromatic N) is 2. The maximum Gasteiger partial charge on any atom is 0.269 e. The number of halogens is 1. The van der Waals surface area contributed by atoms with Crippen molar-refractivity contribution in [2.45, 2.75) is 26.4 Å². The molecule has 2 aromatic rings. The third kappa shape index (κ3) is 5.52. The normalized spacial score (nSPS) is 12.2. The molecule has 1 unspecified atom stereocenters. The van der Waals surface area contributed by atoms with Crippen LogP contribution >= 0.6 is 24.0 Å². The minimum atomic E-state index is -0.412. The molecule has 0 fully saturated rings. The van der Waals surface area contributed by atoms with Gasteiger partial charge in [0.2, 0.25) is 0 Å². The summed E-state index contributed by atoms with van der Waals surface area (Å²) in [7, 11) is 1.69. The second-order valence-electron chi connectivity index (χ2n) is 5.16. The number of aliphatic imine (C=N–C) groups is 1. The van der Waals surface area contributed by atoms with Gasteiger partial charge in [0.1, 0.15) is 11.5 Å². The Bertz CT molecular complexity index is 698. The van der Waals surface area contributed by atoms with Crippen LogP contribution in [0.25, 0.3) is 0 Å². The molecule has 0 spiro atoms. The summed E-state index contributed by atoms with van der Waals surface area (Å²) >= 11 is 0. The van der Waals surface area contributed by atoms with Crippen molar-refractivity contribution in [1.29, 1.82) is 0 Å². The van der Waals surface area contributed by atoms with Crippen molar-refractivity contribution in [1.82, 2.24) is 10.6 Å². The first-order valence-electron chi connectivity index (χ1n) is 7.26. The Balaban J connectivity index is 0.00000288. The Morgan fingerprint density at radius 1 is 1.29 bits per heavy atom.